The van der Waals surface area contributed by atoms with Crippen molar-refractivity contribution < 1.29 is 19.1 Å². The van der Waals surface area contributed by atoms with Crippen LogP contribution in [0.2, 0.25) is 0 Å². The number of carbonyl (C=O) groups is 2. The van der Waals surface area contributed by atoms with Crippen molar-refractivity contribution in [2.45, 2.75) is 51.4 Å². The number of aryl methyl sites for hydroxylation is 2. The summed E-state index contributed by atoms with van der Waals surface area (Å²) < 4.78 is 10.7. The lowest BCUT2D eigenvalue weighted by atomic mass is 9.93. The Hall–Kier alpha value is -3.59. The van der Waals surface area contributed by atoms with Gasteiger partial charge in [0.25, 0.3) is 0 Å². The monoisotopic (exact) mass is 522 g/mol. The molecule has 1 N–H and O–H groups in total. The van der Waals surface area contributed by atoms with E-state index < -0.39 is 5.54 Å². The van der Waals surface area contributed by atoms with Crippen molar-refractivity contribution in [2.24, 2.45) is 0 Å². The van der Waals surface area contributed by atoms with Crippen LogP contribution in [0.25, 0.3) is 0 Å². The zero-order valence-electron chi connectivity index (χ0n) is 22.2. The van der Waals surface area contributed by atoms with E-state index in [0.717, 1.165) is 17.0 Å². The van der Waals surface area contributed by atoms with Crippen molar-refractivity contribution in [2.75, 3.05) is 25.3 Å². The molecule has 3 aromatic rings. The van der Waals surface area contributed by atoms with Crippen molar-refractivity contribution in [1.82, 2.24) is 14.9 Å². The summed E-state index contributed by atoms with van der Waals surface area (Å²) in [6, 6.07) is 16.7. The average molecular weight is 523 g/mol. The maximum atomic E-state index is 13.8. The Morgan fingerprint density at radius 3 is 2.27 bits per heavy atom. The van der Waals surface area contributed by atoms with Crippen LogP contribution < -0.4 is 14.8 Å². The number of thioether (sulfide) groups is 1. The molecule has 0 aliphatic rings. The van der Waals surface area contributed by atoms with Gasteiger partial charge in [-0.15, -0.1) is 0 Å². The number of methoxy groups -OCH3 is 2. The Labute approximate surface area is 222 Å². The molecule has 0 saturated carbocycles. The fraction of sp³-hybridized carbons (Fsp3) is 0.357. The van der Waals surface area contributed by atoms with Gasteiger partial charge in [-0.3, -0.25) is 9.59 Å². The quantitative estimate of drug-likeness (QED) is 0.279. The summed E-state index contributed by atoms with van der Waals surface area (Å²) in [5.74, 6) is 0.687. The molecule has 8 nitrogen and oxygen atoms in total. The van der Waals surface area contributed by atoms with Crippen LogP contribution in [0.3, 0.4) is 0 Å². The second kappa shape index (κ2) is 12.6. The number of amides is 2. The summed E-state index contributed by atoms with van der Waals surface area (Å²) in [7, 11) is 3.09. The molecular formula is C28H34N4O4S. The number of aromatic nitrogens is 2. The van der Waals surface area contributed by atoms with Gasteiger partial charge in [0.05, 0.1) is 25.7 Å². The highest BCUT2D eigenvalue weighted by Gasteiger charge is 2.41. The van der Waals surface area contributed by atoms with Crippen LogP contribution in [-0.2, 0) is 16.1 Å². The number of nitrogens with zero attached hydrogens (tertiary/aromatic N) is 3. The van der Waals surface area contributed by atoms with Crippen LogP contribution in [-0.4, -0.2) is 52.2 Å². The molecule has 1 atom stereocenters. The van der Waals surface area contributed by atoms with E-state index in [9.17, 15) is 9.59 Å². The highest BCUT2D eigenvalue weighted by molar-refractivity contribution is 7.99. The zero-order chi connectivity index (χ0) is 27.0. The molecule has 0 saturated heterocycles. The first-order valence-corrected chi connectivity index (χ1v) is 13.0. The van der Waals surface area contributed by atoms with E-state index in [0.29, 0.717) is 28.8 Å². The van der Waals surface area contributed by atoms with Crippen LogP contribution in [0, 0.1) is 13.8 Å². The van der Waals surface area contributed by atoms with Crippen molar-refractivity contribution in [3.63, 3.8) is 0 Å². The summed E-state index contributed by atoms with van der Waals surface area (Å²) in [5.41, 5.74) is 1.97. The zero-order valence-corrected chi connectivity index (χ0v) is 23.0. The molecule has 0 bridgehead atoms. The number of carbonyl (C=O) groups excluding carboxylic acids is 2. The lowest BCUT2D eigenvalue weighted by Gasteiger charge is -2.39. The maximum absolute atomic E-state index is 13.8. The van der Waals surface area contributed by atoms with Gasteiger partial charge in [-0.2, -0.15) is 0 Å². The van der Waals surface area contributed by atoms with E-state index in [1.807, 2.05) is 57.2 Å². The molecule has 2 amide bonds. The van der Waals surface area contributed by atoms with Crippen molar-refractivity contribution in [3.05, 3.63) is 71.5 Å². The smallest absolute Gasteiger partial charge is 0.250 e. The summed E-state index contributed by atoms with van der Waals surface area (Å²) in [5, 5.41) is 3.51. The number of benzene rings is 2. The molecule has 0 aliphatic heterocycles. The Morgan fingerprint density at radius 2 is 1.68 bits per heavy atom. The lowest BCUT2D eigenvalue weighted by molar-refractivity contribution is -0.143. The number of rotatable bonds is 11. The molecule has 2 aromatic carbocycles. The first-order chi connectivity index (χ1) is 17.7. The molecule has 0 spiro atoms. The van der Waals surface area contributed by atoms with E-state index in [1.165, 1.54) is 18.9 Å². The minimum absolute atomic E-state index is 0.102. The van der Waals surface area contributed by atoms with Gasteiger partial charge in [0, 0.05) is 24.0 Å². The molecule has 196 valence electrons. The predicted octanol–water partition coefficient (Wildman–Crippen LogP) is 5.04. The Bertz CT molecular complexity index is 1220. The van der Waals surface area contributed by atoms with Crippen LogP contribution in [0.4, 0.5) is 5.69 Å². The number of nitrogens with one attached hydrogen (secondary N) is 1. The maximum Gasteiger partial charge on any atom is 0.250 e. The molecule has 1 heterocycles. The summed E-state index contributed by atoms with van der Waals surface area (Å²) in [6.45, 7) is 7.77. The van der Waals surface area contributed by atoms with E-state index in [4.69, 9.17) is 9.47 Å². The second-order valence-electron chi connectivity index (χ2n) is 8.84. The summed E-state index contributed by atoms with van der Waals surface area (Å²) >= 11 is 1.27. The fourth-order valence-electron chi connectivity index (χ4n) is 3.90. The third kappa shape index (κ3) is 7.01. The first kappa shape index (κ1) is 28.0. The molecule has 3 rings (SSSR count). The van der Waals surface area contributed by atoms with Gasteiger partial charge in [0.1, 0.15) is 17.0 Å². The molecule has 1 aromatic heterocycles. The van der Waals surface area contributed by atoms with Gasteiger partial charge in [-0.05, 0) is 51.0 Å². The van der Waals surface area contributed by atoms with Gasteiger partial charge in [0.15, 0.2) is 5.16 Å². The third-order valence-electron chi connectivity index (χ3n) is 6.20. The summed E-state index contributed by atoms with van der Waals surface area (Å²) in [6.07, 6.45) is 0.403. The van der Waals surface area contributed by atoms with Crippen LogP contribution >= 0.6 is 11.8 Å². The van der Waals surface area contributed by atoms with Crippen molar-refractivity contribution in [1.29, 1.82) is 0 Å². The van der Waals surface area contributed by atoms with E-state index >= 15 is 0 Å². The number of ether oxygens (including phenoxy) is 2. The normalized spacial score (nSPS) is 12.4. The largest absolute Gasteiger partial charge is 0.497 e. The van der Waals surface area contributed by atoms with Crippen LogP contribution in [0.15, 0.2) is 59.8 Å². The molecule has 0 fully saturated rings. The van der Waals surface area contributed by atoms with Gasteiger partial charge < -0.3 is 19.7 Å². The topological polar surface area (TPSA) is 93.7 Å². The third-order valence-corrected chi connectivity index (χ3v) is 7.03. The minimum atomic E-state index is -1.14. The SMILES string of the molecule is CCC(C)(C(=O)Nc1ccc(OC)cc1OC)N(Cc1ccccc1)C(=O)CSc1nc(C)cc(C)n1. The van der Waals surface area contributed by atoms with Gasteiger partial charge in [-0.1, -0.05) is 49.0 Å². The average Bonchev–Trinajstić information content (AvgIpc) is 2.90. The second-order valence-corrected chi connectivity index (χ2v) is 9.78. The highest BCUT2D eigenvalue weighted by atomic mass is 32.2. The minimum Gasteiger partial charge on any atom is -0.497 e. The van der Waals surface area contributed by atoms with Gasteiger partial charge in [0.2, 0.25) is 11.8 Å². The molecule has 37 heavy (non-hydrogen) atoms. The Kier molecular flexibility index (Phi) is 9.52. The van der Waals surface area contributed by atoms with Crippen LogP contribution in [0.1, 0.15) is 37.2 Å². The molecule has 9 heteroatoms. The Balaban J connectivity index is 1.90. The summed E-state index contributed by atoms with van der Waals surface area (Å²) in [4.78, 5) is 38.0. The molecular weight excluding hydrogens is 488 g/mol. The molecule has 0 aliphatic carbocycles. The first-order valence-electron chi connectivity index (χ1n) is 12.0. The highest BCUT2D eigenvalue weighted by Crippen LogP contribution is 2.32. The van der Waals surface area contributed by atoms with Crippen LogP contribution in [0.5, 0.6) is 11.5 Å². The Morgan fingerprint density at radius 1 is 1.00 bits per heavy atom. The van der Waals surface area contributed by atoms with Crippen molar-refractivity contribution >= 4 is 29.3 Å². The standard InChI is InChI=1S/C28H34N4O4S/c1-7-28(4,26(34)31-23-14-13-22(35-5)16-24(23)36-6)32(17-21-11-9-8-10-12-21)25(33)18-37-27-29-19(2)15-20(3)30-27/h8-16H,7,17-18H2,1-6H3,(H,31,34). The molecule has 0 radical (unpaired) electrons. The number of hydrogen-bond donors (Lipinski definition) is 1. The fourth-order valence-corrected chi connectivity index (χ4v) is 4.72. The van der Waals surface area contributed by atoms with Crippen molar-refractivity contribution in [3.8, 4) is 11.5 Å². The van der Waals surface area contributed by atoms with Gasteiger partial charge in [-0.25, -0.2) is 9.97 Å². The van der Waals surface area contributed by atoms with E-state index in [2.05, 4.69) is 15.3 Å². The molecule has 1 unspecified atom stereocenters. The predicted molar refractivity (Wildman–Crippen MR) is 146 cm³/mol. The number of anilines is 1. The van der Waals surface area contributed by atoms with E-state index in [-0.39, 0.29) is 24.1 Å². The number of hydrogen-bond acceptors (Lipinski definition) is 7. The lowest BCUT2D eigenvalue weighted by Crippen LogP contribution is -2.57. The van der Waals surface area contributed by atoms with E-state index in [1.54, 1.807) is 37.1 Å². The van der Waals surface area contributed by atoms with Gasteiger partial charge >= 0.3 is 0 Å².